The second-order valence-electron chi connectivity index (χ2n) is 2.47. The zero-order chi connectivity index (χ0) is 9.26. The second kappa shape index (κ2) is 3.64. The fourth-order valence-electron chi connectivity index (χ4n) is 1.13. The molecule has 0 N–H and O–H groups in total. The van der Waals surface area contributed by atoms with Gasteiger partial charge in [0.25, 0.3) is 0 Å². The summed E-state index contributed by atoms with van der Waals surface area (Å²) in [7, 11) is 1.63. The first-order valence-corrected chi connectivity index (χ1v) is 5.29. The van der Waals surface area contributed by atoms with Crippen LogP contribution in [0.5, 0.6) is 11.5 Å². The van der Waals surface area contributed by atoms with Crippen LogP contribution >= 0.6 is 28.0 Å². The maximum atomic E-state index is 5.40. The van der Waals surface area contributed by atoms with Crippen molar-refractivity contribution in [3.63, 3.8) is 0 Å². The van der Waals surface area contributed by atoms with E-state index in [1.165, 1.54) is 12.0 Å². The molecule has 0 aromatic heterocycles. The normalized spacial score (nSPS) is 13.4. The van der Waals surface area contributed by atoms with Crippen molar-refractivity contribution in [1.82, 2.24) is 0 Å². The number of ether oxygens (including phenoxy) is 1. The van der Waals surface area contributed by atoms with Crippen LogP contribution in [0.15, 0.2) is 22.0 Å². The van der Waals surface area contributed by atoms with Crippen molar-refractivity contribution in [2.45, 2.75) is 0 Å². The summed E-state index contributed by atoms with van der Waals surface area (Å²) in [4.78, 5) is 0. The van der Waals surface area contributed by atoms with E-state index in [4.69, 9.17) is 8.92 Å². The minimum atomic E-state index is 0.759. The van der Waals surface area contributed by atoms with Crippen LogP contribution in [-0.4, -0.2) is 7.11 Å². The van der Waals surface area contributed by atoms with Gasteiger partial charge in [-0.3, -0.25) is 0 Å². The van der Waals surface area contributed by atoms with Crippen LogP contribution in [-0.2, 0) is 0 Å². The molecule has 0 fully saturated rings. The zero-order valence-electron chi connectivity index (χ0n) is 6.91. The lowest BCUT2D eigenvalue weighted by Gasteiger charge is -2.14. The Labute approximate surface area is 89.3 Å². The third-order valence-electron chi connectivity index (χ3n) is 1.75. The van der Waals surface area contributed by atoms with Crippen molar-refractivity contribution in [1.29, 1.82) is 0 Å². The molecule has 2 rings (SSSR count). The monoisotopic (exact) mass is 258 g/mol. The highest BCUT2D eigenvalue weighted by atomic mass is 79.9. The van der Waals surface area contributed by atoms with Gasteiger partial charge in [0.05, 0.1) is 19.2 Å². The highest BCUT2D eigenvalue weighted by molar-refractivity contribution is 9.10. The maximum Gasteiger partial charge on any atom is 0.188 e. The molecule has 1 aromatic rings. The summed E-state index contributed by atoms with van der Waals surface area (Å²) in [6.07, 6.45) is 2.00. The van der Waals surface area contributed by atoms with Gasteiger partial charge < -0.3 is 8.92 Å². The lowest BCUT2D eigenvalue weighted by atomic mass is 10.2. The number of hydrogen-bond acceptors (Lipinski definition) is 3. The Balaban J connectivity index is 2.61. The number of fused-ring (bicyclic) bond motifs is 1. The third-order valence-corrected chi connectivity index (χ3v) is 2.95. The molecular weight excluding hydrogens is 252 g/mol. The van der Waals surface area contributed by atoms with Gasteiger partial charge >= 0.3 is 0 Å². The van der Waals surface area contributed by atoms with Crippen molar-refractivity contribution in [3.8, 4) is 11.5 Å². The van der Waals surface area contributed by atoms with Crippen LogP contribution < -0.4 is 8.92 Å². The van der Waals surface area contributed by atoms with Gasteiger partial charge in [0.15, 0.2) is 11.5 Å². The topological polar surface area (TPSA) is 18.5 Å². The molecule has 1 aromatic carbocycles. The molecule has 0 bridgehead atoms. The lowest BCUT2D eigenvalue weighted by Crippen LogP contribution is -1.94. The van der Waals surface area contributed by atoms with E-state index in [1.807, 2.05) is 23.6 Å². The van der Waals surface area contributed by atoms with E-state index in [9.17, 15) is 0 Å². The molecule has 0 saturated heterocycles. The standard InChI is InChI=1S/C9H7BrO2S/c1-11-8-3-2-7(10)6-4-5-13-12-9(6)8/h2-5H,1H3. The molecule has 68 valence electrons. The molecule has 0 amide bonds. The average Bonchev–Trinajstić information content (AvgIpc) is 2.19. The van der Waals surface area contributed by atoms with Crippen molar-refractivity contribution in [2.24, 2.45) is 0 Å². The maximum absolute atomic E-state index is 5.40. The van der Waals surface area contributed by atoms with Crippen LogP contribution in [0.1, 0.15) is 5.56 Å². The summed E-state index contributed by atoms with van der Waals surface area (Å²) in [6.45, 7) is 0. The largest absolute Gasteiger partial charge is 0.493 e. The molecule has 2 nitrogen and oxygen atoms in total. The highest BCUT2D eigenvalue weighted by Gasteiger charge is 2.15. The summed E-state index contributed by atoms with van der Waals surface area (Å²) in [5, 5.41) is 1.90. The Bertz CT molecular complexity index is 363. The van der Waals surface area contributed by atoms with Crippen molar-refractivity contribution in [3.05, 3.63) is 27.6 Å². The minimum Gasteiger partial charge on any atom is -0.493 e. The van der Waals surface area contributed by atoms with Gasteiger partial charge in [-0.25, -0.2) is 0 Å². The Kier molecular flexibility index (Phi) is 2.51. The van der Waals surface area contributed by atoms with Gasteiger partial charge in [0, 0.05) is 15.4 Å². The molecule has 0 atom stereocenters. The van der Waals surface area contributed by atoms with Crippen molar-refractivity contribution >= 4 is 34.0 Å². The van der Waals surface area contributed by atoms with Crippen LogP contribution in [0.4, 0.5) is 0 Å². The van der Waals surface area contributed by atoms with Gasteiger partial charge in [0.1, 0.15) is 0 Å². The zero-order valence-corrected chi connectivity index (χ0v) is 9.31. The highest BCUT2D eigenvalue weighted by Crippen LogP contribution is 2.41. The van der Waals surface area contributed by atoms with Crippen molar-refractivity contribution in [2.75, 3.05) is 7.11 Å². The predicted octanol–water partition coefficient (Wildman–Crippen LogP) is 3.47. The fraction of sp³-hybridized carbons (Fsp3) is 0.111. The Morgan fingerprint density at radius 2 is 2.31 bits per heavy atom. The first-order chi connectivity index (χ1) is 6.33. The lowest BCUT2D eigenvalue weighted by molar-refractivity contribution is 0.399. The summed E-state index contributed by atoms with van der Waals surface area (Å²) >= 11 is 4.74. The fourth-order valence-corrected chi connectivity index (χ4v) is 2.09. The number of hydrogen-bond donors (Lipinski definition) is 0. The Hall–Kier alpha value is -0.610. The molecule has 1 aliphatic rings. The van der Waals surface area contributed by atoms with Crippen LogP contribution in [0, 0.1) is 0 Å². The predicted molar refractivity (Wildman–Crippen MR) is 57.9 cm³/mol. The van der Waals surface area contributed by atoms with E-state index in [-0.39, 0.29) is 0 Å². The third kappa shape index (κ3) is 1.56. The Morgan fingerprint density at radius 3 is 3.08 bits per heavy atom. The molecule has 0 aliphatic carbocycles. The molecule has 4 heteroatoms. The van der Waals surface area contributed by atoms with Gasteiger partial charge in [-0.1, -0.05) is 15.9 Å². The van der Waals surface area contributed by atoms with E-state index in [1.54, 1.807) is 7.11 Å². The smallest absolute Gasteiger partial charge is 0.188 e. The van der Waals surface area contributed by atoms with E-state index in [0.29, 0.717) is 0 Å². The SMILES string of the molecule is COc1ccc(Br)c2c1OSC=C2. The summed E-state index contributed by atoms with van der Waals surface area (Å²) in [5.74, 6) is 1.54. The molecular formula is C9H7BrO2S. The van der Waals surface area contributed by atoms with Gasteiger partial charge in [-0.05, 0) is 18.2 Å². The molecule has 0 spiro atoms. The number of benzene rings is 1. The summed E-state index contributed by atoms with van der Waals surface area (Å²) in [5.41, 5.74) is 1.03. The van der Waals surface area contributed by atoms with Crippen LogP contribution in [0.3, 0.4) is 0 Å². The molecule has 0 radical (unpaired) electrons. The number of rotatable bonds is 1. The van der Waals surface area contributed by atoms with Gasteiger partial charge in [-0.15, -0.1) is 0 Å². The summed E-state index contributed by atoms with van der Waals surface area (Å²) in [6, 6.07) is 3.82. The number of methoxy groups -OCH3 is 1. The molecule has 13 heavy (non-hydrogen) atoms. The quantitative estimate of drug-likeness (QED) is 0.719. The van der Waals surface area contributed by atoms with E-state index >= 15 is 0 Å². The first-order valence-electron chi connectivity index (χ1n) is 3.69. The van der Waals surface area contributed by atoms with Gasteiger partial charge in [-0.2, -0.15) is 0 Å². The van der Waals surface area contributed by atoms with E-state index in [0.717, 1.165) is 21.5 Å². The van der Waals surface area contributed by atoms with E-state index < -0.39 is 0 Å². The number of halogens is 1. The average molecular weight is 259 g/mol. The second-order valence-corrected chi connectivity index (χ2v) is 3.96. The summed E-state index contributed by atoms with van der Waals surface area (Å²) < 4.78 is 11.6. The molecule has 0 saturated carbocycles. The van der Waals surface area contributed by atoms with Gasteiger partial charge in [0.2, 0.25) is 0 Å². The van der Waals surface area contributed by atoms with E-state index in [2.05, 4.69) is 15.9 Å². The molecule has 1 heterocycles. The minimum absolute atomic E-state index is 0.759. The van der Waals surface area contributed by atoms with Crippen molar-refractivity contribution < 1.29 is 8.92 Å². The van der Waals surface area contributed by atoms with Crippen LogP contribution in [0.25, 0.3) is 6.08 Å². The first kappa shape index (κ1) is 8.97. The molecule has 1 aliphatic heterocycles. The Morgan fingerprint density at radius 1 is 1.46 bits per heavy atom. The van der Waals surface area contributed by atoms with Crippen LogP contribution in [0.2, 0.25) is 0 Å². The molecule has 0 unspecified atom stereocenters.